The van der Waals surface area contributed by atoms with Crippen LogP contribution in [0, 0.1) is 0 Å². The second kappa shape index (κ2) is 45.3. The molecule has 6 heterocycles. The van der Waals surface area contributed by atoms with E-state index in [0.29, 0.717) is 0 Å². The molecule has 6 aliphatic carbocycles. The molecular weight excluding hydrogens is 1570 g/mol. The van der Waals surface area contributed by atoms with Crippen LogP contribution in [0.5, 0.6) is 0 Å². The molecule has 0 saturated carbocycles. The van der Waals surface area contributed by atoms with Crippen LogP contribution in [-0.4, -0.2) is 13.7 Å². The van der Waals surface area contributed by atoms with E-state index in [4.69, 9.17) is 0 Å². The van der Waals surface area contributed by atoms with E-state index in [-0.39, 0.29) is 0 Å². The van der Waals surface area contributed by atoms with Crippen LogP contribution in [0.25, 0.3) is 149 Å². The van der Waals surface area contributed by atoms with Gasteiger partial charge in [0.25, 0.3) is 0 Å². The summed E-state index contributed by atoms with van der Waals surface area (Å²) in [5, 5.41) is 8.29. The maximum Gasteiger partial charge on any atom is 0.0576 e. The smallest absolute Gasteiger partial charge is 0.0576 e. The molecule has 0 atom stereocenters. The third-order valence-electron chi connectivity index (χ3n) is 25.2. The summed E-state index contributed by atoms with van der Waals surface area (Å²) >= 11 is 0. The van der Waals surface area contributed by atoms with Crippen LogP contribution >= 0.6 is 0 Å². The van der Waals surface area contributed by atoms with Gasteiger partial charge in [-0.1, -0.05) is 400 Å². The van der Waals surface area contributed by atoms with E-state index >= 15 is 0 Å². The fraction of sp³-hybridized carbons (Fsp3) is 0.291. The van der Waals surface area contributed by atoms with Gasteiger partial charge >= 0.3 is 0 Å². The molecule has 0 bridgehead atoms. The Morgan fingerprint density at radius 1 is 0.146 bits per heavy atom. The average Bonchev–Trinajstić information content (AvgIpc) is 1.55. The van der Waals surface area contributed by atoms with Crippen molar-refractivity contribution < 1.29 is 0 Å². The number of hydrogen-bond acceptors (Lipinski definition) is 0. The fourth-order valence-corrected chi connectivity index (χ4v) is 21.0. The van der Waals surface area contributed by atoms with Crippen LogP contribution in [0.2, 0.25) is 0 Å². The lowest BCUT2D eigenvalue weighted by molar-refractivity contribution is 1.04. The highest BCUT2D eigenvalue weighted by Crippen LogP contribution is 2.55. The summed E-state index contributed by atoms with van der Waals surface area (Å²) in [6.45, 7) is 56.0. The van der Waals surface area contributed by atoms with Crippen LogP contribution in [0.15, 0.2) is 273 Å². The minimum Gasteiger partial charge on any atom is -0.309 e. The Labute approximate surface area is 782 Å². The number of benzene rings is 15. The predicted octanol–water partition coefficient (Wildman–Crippen LogP) is 37.9. The largest absolute Gasteiger partial charge is 0.309 e. The Bertz CT molecular complexity index is 6970. The standard InChI is InChI=1S/3C33H21N.14C2H6/c1-3-9-25-19(6-1)12-22-16-28-23(15-27(22)25)14-24-17-32-30(18-29(24)28)26-10-5-8-21-13-20-7-2-4-11-31(20)34(32)33(21)26;1-3-9-24-19(6-1)16-29-25(24)13-12-21-15-23-17-31-28(18-27(23)32(21)29)26-10-5-8-22-14-20-7-2-4-11-30(20)34(31)33(22)26;1-3-9-25-19(6-1)14-21-12-13-22-16-24-17-30-28(18-27(24)32(22)31(21)25)26-10-5-8-23-15-20-7-2-4-11-29(20)34(30)33(23)26;14*1-2/h1-11,15-18H,12-14H2;2*1-13,17-18H,14-16H2;14*1-2H3. The molecule has 0 amide bonds. The van der Waals surface area contributed by atoms with E-state index in [1.54, 1.807) is 0 Å². The molecule has 0 spiro atoms. The second-order valence-corrected chi connectivity index (χ2v) is 30.4. The molecule has 27 rings (SSSR count). The number of para-hydroxylation sites is 6. The van der Waals surface area contributed by atoms with Crippen molar-refractivity contribution in [3.8, 4) is 83.8 Å². The lowest BCUT2D eigenvalue weighted by Crippen LogP contribution is -2.07. The van der Waals surface area contributed by atoms with Crippen LogP contribution in [0.3, 0.4) is 0 Å². The van der Waals surface area contributed by atoms with Crippen LogP contribution in [-0.2, 0) is 57.8 Å². The number of aromatic nitrogens is 3. The first kappa shape index (κ1) is 98.3. The average molecular weight is 1720 g/mol. The quantitative estimate of drug-likeness (QED) is 0.144. The Kier molecular flexibility index (Phi) is 34.3. The summed E-state index contributed by atoms with van der Waals surface area (Å²) < 4.78 is 7.59. The minimum atomic E-state index is 1.01. The molecule has 670 valence electrons. The molecule has 15 aromatic carbocycles. The van der Waals surface area contributed by atoms with Gasteiger partial charge < -0.3 is 13.7 Å². The lowest BCUT2D eigenvalue weighted by atomic mass is 9.93. The van der Waals surface area contributed by atoms with Crippen LogP contribution in [0.1, 0.15) is 294 Å². The summed E-state index contributed by atoms with van der Waals surface area (Å²) in [6.07, 6.45) is 9.25. The number of fused-ring (bicyclic) bond motifs is 35. The van der Waals surface area contributed by atoms with E-state index in [1.165, 1.54) is 249 Å². The van der Waals surface area contributed by atoms with Crippen molar-refractivity contribution in [1.82, 2.24) is 13.7 Å². The maximum absolute atomic E-state index is 2.53. The van der Waals surface area contributed by atoms with Gasteiger partial charge in [0.15, 0.2) is 0 Å². The van der Waals surface area contributed by atoms with Gasteiger partial charge in [0.1, 0.15) is 0 Å². The van der Waals surface area contributed by atoms with Crippen molar-refractivity contribution in [1.29, 1.82) is 0 Å². The van der Waals surface area contributed by atoms with Crippen molar-refractivity contribution in [2.24, 2.45) is 0 Å². The van der Waals surface area contributed by atoms with Gasteiger partial charge in [-0.15, -0.1) is 0 Å². The van der Waals surface area contributed by atoms with Crippen molar-refractivity contribution in [3.05, 3.63) is 373 Å². The summed E-state index contributed by atoms with van der Waals surface area (Å²) in [7, 11) is 0. The SMILES string of the molecule is CC.CC.CC.CC.CC.CC.CC.CC.CC.CC.CC.CC.CC.CC.c1ccc2c(c1)Cc1c-2ccc2c1-c1cc3c4cccc5c4n(c3cc1C2)-c1ccccc1C5.c1ccc2c(c1)Cc1cc3c(cc1-2)Cc1cc2c(cc1-3)c1cccc3c1n2-c1ccccc1C3.c1ccc2c(c1)Cc1ccc3c(c1-2)-c1cc2c4cccc5c4n(c2cc1C3)-c1ccccc1C5. The minimum absolute atomic E-state index is 1.01. The first-order valence-electron chi connectivity index (χ1n) is 50.8. The summed E-state index contributed by atoms with van der Waals surface area (Å²) in [5.74, 6) is 0. The highest BCUT2D eigenvalue weighted by Gasteiger charge is 2.35. The van der Waals surface area contributed by atoms with E-state index in [9.17, 15) is 0 Å². The Morgan fingerprint density at radius 2 is 0.392 bits per heavy atom. The molecule has 0 unspecified atom stereocenters. The predicted molar refractivity (Wildman–Crippen MR) is 579 cm³/mol. The molecule has 18 aromatic rings. The van der Waals surface area contributed by atoms with Crippen molar-refractivity contribution in [2.75, 3.05) is 0 Å². The molecule has 3 nitrogen and oxygen atoms in total. The zero-order valence-electron chi connectivity index (χ0n) is 84.2. The first-order valence-corrected chi connectivity index (χ1v) is 50.8. The molecule has 0 saturated heterocycles. The van der Waals surface area contributed by atoms with E-state index < -0.39 is 0 Å². The van der Waals surface area contributed by atoms with E-state index in [2.05, 4.69) is 287 Å². The van der Waals surface area contributed by atoms with Crippen LogP contribution in [0.4, 0.5) is 0 Å². The summed E-state index contributed by atoms with van der Waals surface area (Å²) in [6, 6.07) is 104. The third kappa shape index (κ3) is 16.7. The zero-order valence-corrected chi connectivity index (χ0v) is 84.2. The number of nitrogens with zero attached hydrogens (tertiary/aromatic N) is 3. The lowest BCUT2D eigenvalue weighted by Gasteiger charge is -2.20. The zero-order chi connectivity index (χ0) is 93.9. The fourth-order valence-electron chi connectivity index (χ4n) is 21.0. The number of hydrogen-bond donors (Lipinski definition) is 0. The van der Waals surface area contributed by atoms with Gasteiger partial charge in [-0.3, -0.25) is 0 Å². The van der Waals surface area contributed by atoms with E-state index in [0.717, 1.165) is 57.8 Å². The van der Waals surface area contributed by atoms with Crippen molar-refractivity contribution in [2.45, 2.75) is 252 Å². The first-order chi connectivity index (χ1) is 64.5. The second-order valence-electron chi connectivity index (χ2n) is 30.4. The molecule has 3 aliphatic heterocycles. The monoisotopic (exact) mass is 1710 g/mol. The van der Waals surface area contributed by atoms with Gasteiger partial charge in [-0.2, -0.15) is 0 Å². The van der Waals surface area contributed by atoms with Gasteiger partial charge in [-0.25, -0.2) is 0 Å². The van der Waals surface area contributed by atoms with Gasteiger partial charge in [0.2, 0.25) is 0 Å². The molecule has 0 N–H and O–H groups in total. The molecule has 0 fully saturated rings. The molecule has 3 aromatic heterocycles. The van der Waals surface area contributed by atoms with Crippen molar-refractivity contribution in [3.63, 3.8) is 0 Å². The molecule has 3 heteroatoms. The normalized spacial score (nSPS) is 11.7. The highest BCUT2D eigenvalue weighted by molar-refractivity contribution is 6.16. The Morgan fingerprint density at radius 3 is 0.800 bits per heavy atom. The topological polar surface area (TPSA) is 14.8 Å². The van der Waals surface area contributed by atoms with Gasteiger partial charge in [0, 0.05) is 68.6 Å². The Balaban J connectivity index is 0.000000166. The molecule has 130 heavy (non-hydrogen) atoms. The summed E-state index contributed by atoms with van der Waals surface area (Å²) in [5.41, 5.74) is 55.8. The highest BCUT2D eigenvalue weighted by atomic mass is 15.0. The van der Waals surface area contributed by atoms with Gasteiger partial charge in [0.05, 0.1) is 33.1 Å². The Hall–Kier alpha value is -12.3. The molecule has 0 radical (unpaired) electrons. The maximum atomic E-state index is 2.53. The van der Waals surface area contributed by atoms with Crippen LogP contribution < -0.4 is 0 Å². The van der Waals surface area contributed by atoms with Crippen molar-refractivity contribution >= 4 is 65.4 Å². The van der Waals surface area contributed by atoms with Gasteiger partial charge in [-0.05, 0) is 272 Å². The van der Waals surface area contributed by atoms with E-state index in [1.807, 2.05) is 194 Å². The number of rotatable bonds is 0. The summed E-state index contributed by atoms with van der Waals surface area (Å²) in [4.78, 5) is 0. The third-order valence-corrected chi connectivity index (χ3v) is 25.2. The molecule has 9 aliphatic rings. The molecular formula is C127H147N3.